The van der Waals surface area contributed by atoms with Gasteiger partial charge in [0.15, 0.2) is 11.0 Å². The quantitative estimate of drug-likeness (QED) is 0.399. The highest BCUT2D eigenvalue weighted by Gasteiger charge is 2.23. The van der Waals surface area contributed by atoms with Crippen LogP contribution >= 0.6 is 46.3 Å². The second kappa shape index (κ2) is 8.16. The predicted octanol–water partition coefficient (Wildman–Crippen LogP) is 7.07. The Labute approximate surface area is 178 Å². The van der Waals surface area contributed by atoms with Crippen molar-refractivity contribution in [1.29, 1.82) is 0 Å². The molecule has 0 atom stereocenters. The van der Waals surface area contributed by atoms with Crippen LogP contribution in [0.3, 0.4) is 0 Å². The van der Waals surface area contributed by atoms with E-state index in [1.807, 2.05) is 29.5 Å². The van der Waals surface area contributed by atoms with Gasteiger partial charge >= 0.3 is 0 Å². The Bertz CT molecular complexity index is 942. The van der Waals surface area contributed by atoms with Crippen LogP contribution in [0, 0.1) is 0 Å². The second-order valence-corrected chi connectivity index (χ2v) is 9.74. The zero-order valence-corrected chi connectivity index (χ0v) is 18.5. The number of benzene rings is 1. The summed E-state index contributed by atoms with van der Waals surface area (Å²) < 4.78 is 2.24. The lowest BCUT2D eigenvalue weighted by Gasteiger charge is -2.16. The van der Waals surface area contributed by atoms with E-state index in [9.17, 15) is 0 Å². The van der Waals surface area contributed by atoms with E-state index in [1.165, 1.54) is 35.3 Å². The van der Waals surface area contributed by atoms with Crippen LogP contribution in [0.5, 0.6) is 0 Å². The fourth-order valence-corrected chi connectivity index (χ4v) is 6.45. The first-order valence-corrected chi connectivity index (χ1v) is 11.8. The number of hydrogen-bond acceptors (Lipinski definition) is 4. The highest BCUT2D eigenvalue weighted by Crippen LogP contribution is 2.39. The first-order chi connectivity index (χ1) is 13.1. The van der Waals surface area contributed by atoms with E-state index in [1.54, 1.807) is 11.8 Å². The molecule has 0 N–H and O–H groups in total. The molecule has 0 bridgehead atoms. The highest BCUT2D eigenvalue weighted by atomic mass is 35.5. The fourth-order valence-electron chi connectivity index (χ4n) is 3.51. The number of thioether (sulfide) groups is 1. The molecule has 1 aromatic carbocycles. The molecule has 2 aromatic heterocycles. The molecule has 142 valence electrons. The van der Waals surface area contributed by atoms with E-state index >= 15 is 0 Å². The summed E-state index contributed by atoms with van der Waals surface area (Å²) in [4.78, 5) is 1.52. The molecular formula is C20H21Cl2N3S2. The topological polar surface area (TPSA) is 30.7 Å². The van der Waals surface area contributed by atoms with Crippen molar-refractivity contribution in [3.05, 3.63) is 49.6 Å². The molecule has 3 aromatic rings. The average molecular weight is 438 g/mol. The molecule has 0 unspecified atom stereocenters. The van der Waals surface area contributed by atoms with Crippen LogP contribution in [0.25, 0.3) is 11.4 Å². The second-order valence-electron chi connectivity index (χ2n) is 7.02. The van der Waals surface area contributed by atoms with Crippen molar-refractivity contribution in [2.75, 3.05) is 0 Å². The van der Waals surface area contributed by atoms with E-state index in [2.05, 4.69) is 34.0 Å². The molecular weight excluding hydrogens is 417 g/mol. The largest absolute Gasteiger partial charge is 0.299 e. The smallest absolute Gasteiger partial charge is 0.192 e. The van der Waals surface area contributed by atoms with Crippen LogP contribution in [-0.4, -0.2) is 14.8 Å². The molecule has 0 spiro atoms. The van der Waals surface area contributed by atoms with Gasteiger partial charge in [0.1, 0.15) is 0 Å². The maximum absolute atomic E-state index is 6.32. The minimum absolute atomic E-state index is 0.276. The van der Waals surface area contributed by atoms with Crippen molar-refractivity contribution in [3.63, 3.8) is 0 Å². The maximum Gasteiger partial charge on any atom is 0.192 e. The van der Waals surface area contributed by atoms with Crippen LogP contribution in [-0.2, 0) is 18.6 Å². The molecule has 0 saturated heterocycles. The molecule has 1 aliphatic rings. The number of thiophene rings is 1. The summed E-state index contributed by atoms with van der Waals surface area (Å²) in [6.45, 7) is 4.36. The van der Waals surface area contributed by atoms with Crippen molar-refractivity contribution < 1.29 is 0 Å². The van der Waals surface area contributed by atoms with Crippen LogP contribution in [0.1, 0.15) is 48.7 Å². The van der Waals surface area contributed by atoms with Gasteiger partial charge in [0.25, 0.3) is 0 Å². The van der Waals surface area contributed by atoms with E-state index in [4.69, 9.17) is 23.2 Å². The summed E-state index contributed by atoms with van der Waals surface area (Å²) in [6, 6.07) is 5.89. The number of aromatic nitrogens is 3. The molecule has 0 saturated carbocycles. The van der Waals surface area contributed by atoms with Gasteiger partial charge in [-0.3, -0.25) is 4.57 Å². The third-order valence-electron chi connectivity index (χ3n) is 4.89. The van der Waals surface area contributed by atoms with Gasteiger partial charge in [0.05, 0.1) is 0 Å². The summed E-state index contributed by atoms with van der Waals surface area (Å²) in [5.74, 6) is 1.66. The molecule has 0 fully saturated rings. The Hall–Kier alpha value is -1.01. The molecule has 1 aliphatic carbocycles. The maximum atomic E-state index is 6.32. The summed E-state index contributed by atoms with van der Waals surface area (Å²) in [5.41, 5.74) is 3.68. The Balaban J connectivity index is 1.66. The molecule has 2 heterocycles. The van der Waals surface area contributed by atoms with Crippen molar-refractivity contribution in [2.45, 2.75) is 56.5 Å². The number of aryl methyl sites for hydroxylation is 1. The lowest BCUT2D eigenvalue weighted by molar-refractivity contribution is 0.554. The molecule has 27 heavy (non-hydrogen) atoms. The minimum Gasteiger partial charge on any atom is -0.299 e. The minimum atomic E-state index is 0.276. The van der Waals surface area contributed by atoms with Crippen molar-refractivity contribution in [2.24, 2.45) is 0 Å². The van der Waals surface area contributed by atoms with Gasteiger partial charge in [-0.1, -0.05) is 41.0 Å². The van der Waals surface area contributed by atoms with Gasteiger partial charge in [0.2, 0.25) is 0 Å². The van der Waals surface area contributed by atoms with E-state index in [0.29, 0.717) is 15.8 Å². The monoisotopic (exact) mass is 437 g/mol. The van der Waals surface area contributed by atoms with Crippen molar-refractivity contribution in [1.82, 2.24) is 14.8 Å². The third kappa shape index (κ3) is 3.80. The van der Waals surface area contributed by atoms with Gasteiger partial charge in [-0.05, 0) is 62.8 Å². The number of fused-ring (bicyclic) bond motifs is 1. The van der Waals surface area contributed by atoms with Crippen molar-refractivity contribution >= 4 is 46.3 Å². The van der Waals surface area contributed by atoms with E-state index in [-0.39, 0.29) is 6.04 Å². The van der Waals surface area contributed by atoms with Gasteiger partial charge in [0, 0.05) is 37.7 Å². The van der Waals surface area contributed by atoms with E-state index in [0.717, 1.165) is 23.0 Å². The number of halogens is 2. The molecule has 0 amide bonds. The molecule has 0 aliphatic heterocycles. The molecule has 3 nitrogen and oxygen atoms in total. The number of hydrogen-bond donors (Lipinski definition) is 0. The highest BCUT2D eigenvalue weighted by molar-refractivity contribution is 7.98. The van der Waals surface area contributed by atoms with Crippen molar-refractivity contribution in [3.8, 4) is 11.4 Å². The van der Waals surface area contributed by atoms with Gasteiger partial charge in [-0.15, -0.1) is 21.5 Å². The first kappa shape index (κ1) is 19.3. The zero-order valence-electron chi connectivity index (χ0n) is 15.3. The molecule has 0 radical (unpaired) electrons. The Morgan fingerprint density at radius 2 is 1.89 bits per heavy atom. The lowest BCUT2D eigenvalue weighted by Crippen LogP contribution is -2.07. The predicted molar refractivity (Wildman–Crippen MR) is 116 cm³/mol. The first-order valence-electron chi connectivity index (χ1n) is 9.16. The summed E-state index contributed by atoms with van der Waals surface area (Å²) in [6.07, 6.45) is 4.90. The Morgan fingerprint density at radius 1 is 1.15 bits per heavy atom. The average Bonchev–Trinajstić information content (AvgIpc) is 3.25. The van der Waals surface area contributed by atoms with Gasteiger partial charge < -0.3 is 0 Å². The summed E-state index contributed by atoms with van der Waals surface area (Å²) in [7, 11) is 0. The SMILES string of the molecule is CC(C)n1c(SCc2c(Cl)cccc2Cl)nnc1-c1csc2c1CCCC2. The molecule has 4 rings (SSSR count). The van der Waals surface area contributed by atoms with Crippen LogP contribution < -0.4 is 0 Å². The third-order valence-corrected chi connectivity index (χ3v) is 7.66. The van der Waals surface area contributed by atoms with Crippen LogP contribution in [0.2, 0.25) is 10.0 Å². The summed E-state index contributed by atoms with van der Waals surface area (Å²) in [5, 5.41) is 13.6. The van der Waals surface area contributed by atoms with Gasteiger partial charge in [-0.25, -0.2) is 0 Å². The molecule has 7 heteroatoms. The normalized spacial score (nSPS) is 14.0. The summed E-state index contributed by atoms with van der Waals surface area (Å²) >= 11 is 16.2. The zero-order chi connectivity index (χ0) is 19.0. The standard InChI is InChI=1S/C20H21Cl2N3S2/c1-12(2)25-19(14-10-26-18-9-4-3-6-13(14)18)23-24-20(25)27-11-15-16(21)7-5-8-17(15)22/h5,7-8,10,12H,3-4,6,9,11H2,1-2H3. The van der Waals surface area contributed by atoms with E-state index < -0.39 is 0 Å². The lowest BCUT2D eigenvalue weighted by atomic mass is 9.95. The van der Waals surface area contributed by atoms with Crippen LogP contribution in [0.4, 0.5) is 0 Å². The fraction of sp³-hybridized carbons (Fsp3) is 0.400. The number of rotatable bonds is 5. The van der Waals surface area contributed by atoms with Crippen LogP contribution in [0.15, 0.2) is 28.7 Å². The number of nitrogens with zero attached hydrogens (tertiary/aromatic N) is 3. The van der Waals surface area contributed by atoms with Gasteiger partial charge in [-0.2, -0.15) is 0 Å². The Morgan fingerprint density at radius 3 is 2.63 bits per heavy atom. The Kier molecular flexibility index (Phi) is 5.83.